The summed E-state index contributed by atoms with van der Waals surface area (Å²) in [5.41, 5.74) is 17.2. The van der Waals surface area contributed by atoms with Crippen molar-refractivity contribution in [2.24, 2.45) is 17.2 Å². The summed E-state index contributed by atoms with van der Waals surface area (Å²) in [6, 6.07) is 5.65. The highest BCUT2D eigenvalue weighted by atomic mass is 16.4. The summed E-state index contributed by atoms with van der Waals surface area (Å²) in [6.07, 6.45) is 0.930. The molecule has 0 saturated heterocycles. The van der Waals surface area contributed by atoms with Gasteiger partial charge in [-0.1, -0.05) is 30.3 Å². The Kier molecular flexibility index (Phi) is 12.1. The molecule has 1 aromatic rings. The Morgan fingerprint density at radius 1 is 0.939 bits per heavy atom. The molecule has 182 valence electrons. The lowest BCUT2D eigenvalue weighted by Crippen LogP contribution is -2.54. The number of carboxylic acid groups (broad SMARTS) is 1. The van der Waals surface area contributed by atoms with Crippen LogP contribution in [0.25, 0.3) is 0 Å². The average Bonchev–Trinajstić information content (AvgIpc) is 2.76. The van der Waals surface area contributed by atoms with Gasteiger partial charge in [0.1, 0.15) is 12.1 Å². The van der Waals surface area contributed by atoms with Crippen LogP contribution in [-0.2, 0) is 30.4 Å². The SMILES string of the molecule is NCCCCC(NC(=O)CNC(=O)C(N)Cc1ccccc1)C(=O)NC(CC(N)=O)C(=O)O. The van der Waals surface area contributed by atoms with Gasteiger partial charge in [0.15, 0.2) is 0 Å². The first kappa shape index (κ1) is 27.5. The van der Waals surface area contributed by atoms with Crippen molar-refractivity contribution in [3.63, 3.8) is 0 Å². The predicted octanol–water partition coefficient (Wildman–Crippen LogP) is -2.27. The molecule has 1 rings (SSSR count). The second kappa shape index (κ2) is 14.5. The normalized spacial score (nSPS) is 13.3. The molecule has 0 aliphatic heterocycles. The number of benzene rings is 1. The minimum atomic E-state index is -1.53. The molecule has 1 aromatic carbocycles. The highest BCUT2D eigenvalue weighted by Gasteiger charge is 2.27. The third-order valence-electron chi connectivity index (χ3n) is 4.68. The maximum atomic E-state index is 12.5. The van der Waals surface area contributed by atoms with Crippen LogP contribution >= 0.6 is 0 Å². The number of primary amides is 1. The van der Waals surface area contributed by atoms with Gasteiger partial charge in [-0.25, -0.2) is 4.79 Å². The first-order valence-electron chi connectivity index (χ1n) is 10.5. The topological polar surface area (TPSA) is 220 Å². The maximum Gasteiger partial charge on any atom is 0.326 e. The molecule has 12 heteroatoms. The number of hydrogen-bond acceptors (Lipinski definition) is 7. The minimum Gasteiger partial charge on any atom is -0.480 e. The van der Waals surface area contributed by atoms with E-state index in [0.717, 1.165) is 5.56 Å². The van der Waals surface area contributed by atoms with Crippen LogP contribution in [0.2, 0.25) is 0 Å². The molecule has 0 aliphatic carbocycles. The van der Waals surface area contributed by atoms with Gasteiger partial charge in [0.2, 0.25) is 23.6 Å². The van der Waals surface area contributed by atoms with E-state index in [0.29, 0.717) is 19.4 Å². The zero-order valence-electron chi connectivity index (χ0n) is 18.3. The fraction of sp³-hybridized carbons (Fsp3) is 0.476. The van der Waals surface area contributed by atoms with Crippen molar-refractivity contribution in [3.8, 4) is 0 Å². The zero-order chi connectivity index (χ0) is 24.8. The summed E-state index contributed by atoms with van der Waals surface area (Å²) in [5.74, 6) is -4.33. The van der Waals surface area contributed by atoms with E-state index >= 15 is 0 Å². The minimum absolute atomic E-state index is 0.180. The lowest BCUT2D eigenvalue weighted by Gasteiger charge is -2.21. The summed E-state index contributed by atoms with van der Waals surface area (Å²) in [4.78, 5) is 59.3. The van der Waals surface area contributed by atoms with Crippen LogP contribution in [0.3, 0.4) is 0 Å². The Bertz CT molecular complexity index is 819. The monoisotopic (exact) mass is 464 g/mol. The van der Waals surface area contributed by atoms with E-state index in [1.165, 1.54) is 0 Å². The first-order valence-corrected chi connectivity index (χ1v) is 10.5. The van der Waals surface area contributed by atoms with E-state index in [2.05, 4.69) is 16.0 Å². The van der Waals surface area contributed by atoms with Crippen LogP contribution in [0.4, 0.5) is 0 Å². The zero-order valence-corrected chi connectivity index (χ0v) is 18.3. The van der Waals surface area contributed by atoms with Crippen molar-refractivity contribution >= 4 is 29.6 Å². The van der Waals surface area contributed by atoms with E-state index in [-0.39, 0.29) is 12.8 Å². The lowest BCUT2D eigenvalue weighted by atomic mass is 10.1. The first-order chi connectivity index (χ1) is 15.6. The Morgan fingerprint density at radius 3 is 2.18 bits per heavy atom. The summed E-state index contributed by atoms with van der Waals surface area (Å²) in [6.45, 7) is -0.0529. The van der Waals surface area contributed by atoms with Crippen molar-refractivity contribution in [3.05, 3.63) is 35.9 Å². The molecule has 0 spiro atoms. The molecular formula is C21H32N6O6. The van der Waals surface area contributed by atoms with E-state index < -0.39 is 60.7 Å². The van der Waals surface area contributed by atoms with Gasteiger partial charge in [-0.05, 0) is 37.8 Å². The summed E-state index contributed by atoms with van der Waals surface area (Å²) < 4.78 is 0. The van der Waals surface area contributed by atoms with Gasteiger partial charge in [-0.3, -0.25) is 19.2 Å². The second-order valence-electron chi connectivity index (χ2n) is 7.49. The van der Waals surface area contributed by atoms with E-state index in [1.54, 1.807) is 0 Å². The van der Waals surface area contributed by atoms with Crippen LogP contribution < -0.4 is 33.2 Å². The Balaban J connectivity index is 2.65. The molecule has 33 heavy (non-hydrogen) atoms. The number of amides is 4. The van der Waals surface area contributed by atoms with Crippen molar-refractivity contribution in [1.29, 1.82) is 0 Å². The molecule has 0 aromatic heterocycles. The third-order valence-corrected chi connectivity index (χ3v) is 4.68. The molecule has 3 atom stereocenters. The molecule has 0 bridgehead atoms. The van der Waals surface area contributed by atoms with E-state index in [9.17, 15) is 24.0 Å². The number of nitrogens with two attached hydrogens (primary N) is 3. The van der Waals surface area contributed by atoms with E-state index in [1.807, 2.05) is 30.3 Å². The van der Waals surface area contributed by atoms with Gasteiger partial charge >= 0.3 is 5.97 Å². The number of aliphatic carboxylic acids is 1. The molecule has 0 radical (unpaired) electrons. The standard InChI is InChI=1S/C21H32N6O6/c22-9-5-4-8-15(20(31)27-16(21(32)33)11-17(24)28)26-18(29)12-25-19(30)14(23)10-13-6-2-1-3-7-13/h1-3,6-7,14-16H,4-5,8-12,22-23H2,(H2,24,28)(H,25,30)(H,26,29)(H,27,31)(H,32,33). The molecule has 0 saturated carbocycles. The van der Waals surface area contributed by atoms with Crippen LogP contribution in [0, 0.1) is 0 Å². The summed E-state index contributed by atoms with van der Waals surface area (Å²) in [5, 5.41) is 16.2. The lowest BCUT2D eigenvalue weighted by molar-refractivity contribution is -0.143. The highest BCUT2D eigenvalue weighted by molar-refractivity contribution is 5.93. The number of nitrogens with one attached hydrogen (secondary N) is 3. The summed E-state index contributed by atoms with van der Waals surface area (Å²) in [7, 11) is 0. The van der Waals surface area contributed by atoms with Gasteiger partial charge in [-0.15, -0.1) is 0 Å². The Morgan fingerprint density at radius 2 is 1.61 bits per heavy atom. The molecular weight excluding hydrogens is 432 g/mol. The molecule has 0 aliphatic rings. The van der Waals surface area contributed by atoms with Crippen LogP contribution in [0.5, 0.6) is 0 Å². The Hall–Kier alpha value is -3.51. The quantitative estimate of drug-likeness (QED) is 0.140. The fourth-order valence-electron chi connectivity index (χ4n) is 2.94. The van der Waals surface area contributed by atoms with Gasteiger partial charge in [0, 0.05) is 0 Å². The number of hydrogen-bond donors (Lipinski definition) is 7. The molecule has 0 fully saturated rings. The smallest absolute Gasteiger partial charge is 0.326 e. The maximum absolute atomic E-state index is 12.5. The van der Waals surface area contributed by atoms with Crippen LogP contribution in [0.1, 0.15) is 31.2 Å². The molecule has 10 N–H and O–H groups in total. The second-order valence-corrected chi connectivity index (χ2v) is 7.49. The largest absolute Gasteiger partial charge is 0.480 e. The van der Waals surface area contributed by atoms with Gasteiger partial charge < -0.3 is 38.3 Å². The Labute approximate surface area is 191 Å². The number of carbonyl (C=O) groups excluding carboxylic acids is 4. The number of carboxylic acids is 1. The fourth-order valence-corrected chi connectivity index (χ4v) is 2.94. The number of unbranched alkanes of at least 4 members (excludes halogenated alkanes) is 1. The summed E-state index contributed by atoms with van der Waals surface area (Å²) >= 11 is 0. The molecule has 4 amide bonds. The average molecular weight is 465 g/mol. The molecule has 0 heterocycles. The van der Waals surface area contributed by atoms with Gasteiger partial charge in [0.25, 0.3) is 0 Å². The number of carbonyl (C=O) groups is 5. The van der Waals surface area contributed by atoms with Gasteiger partial charge in [-0.2, -0.15) is 0 Å². The number of rotatable bonds is 15. The van der Waals surface area contributed by atoms with Crippen LogP contribution in [0.15, 0.2) is 30.3 Å². The molecule has 3 unspecified atom stereocenters. The van der Waals surface area contributed by atoms with Crippen LogP contribution in [-0.4, -0.2) is 65.9 Å². The van der Waals surface area contributed by atoms with Crippen molar-refractivity contribution in [2.75, 3.05) is 13.1 Å². The molecule has 12 nitrogen and oxygen atoms in total. The predicted molar refractivity (Wildman–Crippen MR) is 119 cm³/mol. The van der Waals surface area contributed by atoms with E-state index in [4.69, 9.17) is 22.3 Å². The van der Waals surface area contributed by atoms with Crippen molar-refractivity contribution in [1.82, 2.24) is 16.0 Å². The van der Waals surface area contributed by atoms with Crippen molar-refractivity contribution in [2.45, 2.75) is 50.2 Å². The van der Waals surface area contributed by atoms with Crippen molar-refractivity contribution < 1.29 is 29.1 Å². The highest BCUT2D eigenvalue weighted by Crippen LogP contribution is 2.04. The van der Waals surface area contributed by atoms with Gasteiger partial charge in [0.05, 0.1) is 19.0 Å². The third kappa shape index (κ3) is 11.1.